The van der Waals surface area contributed by atoms with Gasteiger partial charge in [-0.1, -0.05) is 30.7 Å². The summed E-state index contributed by atoms with van der Waals surface area (Å²) in [4.78, 5) is 53.0. The molecule has 39 heavy (non-hydrogen) atoms. The van der Waals surface area contributed by atoms with Crippen LogP contribution in [0.25, 0.3) is 0 Å². The molecule has 1 aromatic rings. The third-order valence-corrected chi connectivity index (χ3v) is 10.1. The van der Waals surface area contributed by atoms with Crippen LogP contribution in [0.3, 0.4) is 0 Å². The number of ether oxygens (including phenoxy) is 4. The number of rotatable bonds is 3. The van der Waals surface area contributed by atoms with Gasteiger partial charge in [-0.3, -0.25) is 4.79 Å². The Morgan fingerprint density at radius 1 is 1.08 bits per heavy atom. The zero-order valence-corrected chi connectivity index (χ0v) is 21.6. The minimum atomic E-state index is -2.28. The molecule has 2 heterocycles. The topological polar surface area (TPSA) is 166 Å². The number of carbonyl (C=O) groups is 4. The van der Waals surface area contributed by atoms with Crippen LogP contribution in [0.15, 0.2) is 42.0 Å². The molecular formula is C28H30O11. The van der Waals surface area contributed by atoms with Crippen LogP contribution in [0.1, 0.15) is 30.6 Å². The van der Waals surface area contributed by atoms with Gasteiger partial charge in [0.05, 0.1) is 31.3 Å². The van der Waals surface area contributed by atoms with E-state index in [9.17, 15) is 34.5 Å². The van der Waals surface area contributed by atoms with Gasteiger partial charge >= 0.3 is 17.9 Å². The fourth-order valence-electron chi connectivity index (χ4n) is 8.57. The fourth-order valence-corrected chi connectivity index (χ4v) is 8.57. The molecule has 0 radical (unpaired) electrons. The predicted octanol–water partition coefficient (Wildman–Crippen LogP) is -0.0503. The second kappa shape index (κ2) is 8.44. The first-order chi connectivity index (χ1) is 18.5. The number of benzene rings is 1. The summed E-state index contributed by atoms with van der Waals surface area (Å²) in [5.41, 5.74) is -4.24. The second-order valence-electron chi connectivity index (χ2n) is 11.5. The average molecular weight is 543 g/mol. The van der Waals surface area contributed by atoms with Gasteiger partial charge in [0.25, 0.3) is 0 Å². The van der Waals surface area contributed by atoms with Gasteiger partial charge < -0.3 is 34.3 Å². The summed E-state index contributed by atoms with van der Waals surface area (Å²) in [6.45, 7) is 3.10. The maximum atomic E-state index is 13.5. The maximum absolute atomic E-state index is 13.5. The molecule has 3 aliphatic carbocycles. The molecule has 11 atom stereocenters. The third-order valence-electron chi connectivity index (χ3n) is 10.1. The first kappa shape index (κ1) is 26.1. The molecule has 4 fully saturated rings. The highest BCUT2D eigenvalue weighted by Gasteiger charge is 2.85. The fraction of sp³-hybridized carbons (Fsp3) is 0.571. The van der Waals surface area contributed by atoms with Crippen molar-refractivity contribution in [2.24, 2.45) is 28.6 Å². The SMILES string of the molecule is COC(=O)[C@@]12OCC34[C@H]1[C@@H](OC(=O)c1ccccc1)C(=O)O[C@@H]3C[C@H]1C(C)=CC(=O)[C@@H](O)[C@]1(C)[C@H]4[C@@H](O)[C@@H]2O. The number of fused-ring (bicyclic) bond motifs is 2. The highest BCUT2D eigenvalue weighted by molar-refractivity contribution is 5.96. The molecule has 2 saturated heterocycles. The molecule has 1 aromatic carbocycles. The molecule has 208 valence electrons. The molecule has 6 rings (SSSR count). The summed E-state index contributed by atoms with van der Waals surface area (Å²) in [5, 5.41) is 34.6. The van der Waals surface area contributed by atoms with Crippen molar-refractivity contribution in [2.45, 2.75) is 56.4 Å². The zero-order valence-electron chi connectivity index (χ0n) is 21.6. The summed E-state index contributed by atoms with van der Waals surface area (Å²) in [6, 6.07) is 7.91. The van der Waals surface area contributed by atoms with Crippen LogP contribution in [0.5, 0.6) is 0 Å². The van der Waals surface area contributed by atoms with E-state index >= 15 is 0 Å². The van der Waals surface area contributed by atoms with Gasteiger partial charge in [-0.15, -0.1) is 0 Å². The molecule has 2 saturated carbocycles. The molecule has 1 spiro atoms. The Kier molecular flexibility index (Phi) is 5.65. The largest absolute Gasteiger partial charge is 0.467 e. The molecule has 1 unspecified atom stereocenters. The number of hydrogen-bond donors (Lipinski definition) is 3. The van der Waals surface area contributed by atoms with Crippen LogP contribution in [-0.2, 0) is 33.3 Å². The van der Waals surface area contributed by atoms with Gasteiger partial charge in [0.15, 0.2) is 5.78 Å². The summed E-state index contributed by atoms with van der Waals surface area (Å²) < 4.78 is 22.7. The summed E-state index contributed by atoms with van der Waals surface area (Å²) >= 11 is 0. The van der Waals surface area contributed by atoms with E-state index in [4.69, 9.17) is 18.9 Å². The molecular weight excluding hydrogens is 512 g/mol. The molecule has 2 aliphatic heterocycles. The third kappa shape index (κ3) is 3.01. The lowest BCUT2D eigenvalue weighted by Gasteiger charge is -2.67. The lowest BCUT2D eigenvalue weighted by Crippen LogP contribution is -2.80. The van der Waals surface area contributed by atoms with Gasteiger partial charge in [0.1, 0.15) is 18.3 Å². The van der Waals surface area contributed by atoms with E-state index in [0.29, 0.717) is 5.57 Å². The first-order valence-electron chi connectivity index (χ1n) is 12.9. The number of ketones is 1. The van der Waals surface area contributed by atoms with Gasteiger partial charge in [0, 0.05) is 16.7 Å². The molecule has 11 nitrogen and oxygen atoms in total. The number of allylic oxidation sites excluding steroid dienone is 1. The van der Waals surface area contributed by atoms with Crippen molar-refractivity contribution >= 4 is 23.7 Å². The van der Waals surface area contributed by atoms with Gasteiger partial charge in [-0.25, -0.2) is 14.4 Å². The monoisotopic (exact) mass is 542 g/mol. The highest BCUT2D eigenvalue weighted by atomic mass is 16.6. The Balaban J connectivity index is 1.56. The van der Waals surface area contributed by atoms with Crippen molar-refractivity contribution in [3.63, 3.8) is 0 Å². The molecule has 5 aliphatic rings. The molecule has 3 N–H and O–H groups in total. The van der Waals surface area contributed by atoms with E-state index < -0.39 is 88.4 Å². The van der Waals surface area contributed by atoms with E-state index in [1.165, 1.54) is 18.2 Å². The number of esters is 3. The van der Waals surface area contributed by atoms with Crippen molar-refractivity contribution in [3.05, 3.63) is 47.5 Å². The van der Waals surface area contributed by atoms with Crippen molar-refractivity contribution in [3.8, 4) is 0 Å². The van der Waals surface area contributed by atoms with Gasteiger partial charge in [-0.05, 0) is 37.5 Å². The van der Waals surface area contributed by atoms with Crippen LogP contribution in [0.2, 0.25) is 0 Å². The summed E-state index contributed by atoms with van der Waals surface area (Å²) in [7, 11) is 1.08. The maximum Gasteiger partial charge on any atom is 0.348 e. The van der Waals surface area contributed by atoms with Crippen LogP contribution >= 0.6 is 0 Å². The number of aliphatic hydroxyl groups is 3. The van der Waals surface area contributed by atoms with E-state index in [1.807, 2.05) is 0 Å². The van der Waals surface area contributed by atoms with Crippen LogP contribution in [0.4, 0.5) is 0 Å². The van der Waals surface area contributed by atoms with E-state index in [-0.39, 0.29) is 18.6 Å². The number of hydrogen-bond acceptors (Lipinski definition) is 11. The average Bonchev–Trinajstić information content (AvgIpc) is 3.23. The predicted molar refractivity (Wildman–Crippen MR) is 129 cm³/mol. The molecule has 0 aromatic heterocycles. The van der Waals surface area contributed by atoms with Crippen molar-refractivity contribution < 1.29 is 53.4 Å². The first-order valence-corrected chi connectivity index (χ1v) is 12.9. The Labute approximate surface area is 223 Å². The second-order valence-corrected chi connectivity index (χ2v) is 11.5. The number of methoxy groups -OCH3 is 1. The Bertz CT molecular complexity index is 1290. The molecule has 0 amide bonds. The quantitative estimate of drug-likeness (QED) is 0.346. The van der Waals surface area contributed by atoms with Crippen molar-refractivity contribution in [1.29, 1.82) is 0 Å². The Morgan fingerprint density at radius 3 is 2.44 bits per heavy atom. The normalized spacial score (nSPS) is 45.8. The highest BCUT2D eigenvalue weighted by Crippen LogP contribution is 2.72. The van der Waals surface area contributed by atoms with E-state index in [1.54, 1.807) is 32.0 Å². The van der Waals surface area contributed by atoms with E-state index in [0.717, 1.165) is 7.11 Å². The van der Waals surface area contributed by atoms with Gasteiger partial charge in [0.2, 0.25) is 11.7 Å². The minimum Gasteiger partial charge on any atom is -0.467 e. The van der Waals surface area contributed by atoms with Crippen LogP contribution in [-0.4, -0.2) is 88.8 Å². The number of carbonyl (C=O) groups excluding carboxylic acids is 4. The smallest absolute Gasteiger partial charge is 0.348 e. The van der Waals surface area contributed by atoms with Crippen LogP contribution < -0.4 is 0 Å². The molecule has 11 heteroatoms. The van der Waals surface area contributed by atoms with Gasteiger partial charge in [-0.2, -0.15) is 0 Å². The Morgan fingerprint density at radius 2 is 1.77 bits per heavy atom. The van der Waals surface area contributed by atoms with Crippen molar-refractivity contribution in [2.75, 3.05) is 13.7 Å². The summed E-state index contributed by atoms with van der Waals surface area (Å²) in [5.74, 6) is -6.33. The number of aliphatic hydroxyl groups excluding tert-OH is 3. The molecule has 2 bridgehead atoms. The lowest BCUT2D eigenvalue weighted by molar-refractivity contribution is -0.296. The minimum absolute atomic E-state index is 0.142. The summed E-state index contributed by atoms with van der Waals surface area (Å²) in [6.07, 6.45) is -6.33. The lowest BCUT2D eigenvalue weighted by atomic mass is 9.38. The van der Waals surface area contributed by atoms with E-state index in [2.05, 4.69) is 0 Å². The van der Waals surface area contributed by atoms with Crippen LogP contribution in [0, 0.1) is 28.6 Å². The zero-order chi connectivity index (χ0) is 28.1. The Hall–Kier alpha value is -3.12. The standard InChI is InChI=1S/C28H30O11/c1-12-9-15(29)21(31)26(2)14(12)10-16-27-11-37-28(25(35)36-3,22(32)17(30)19(26)27)20(27)18(24(34)38-16)39-23(33)13-7-5-4-6-8-13/h4-9,14,16-22,30-32H,10-11H2,1-3H3/t14-,16+,17+,18+,19+,20+,21+,22-,26-,27?,28+/m0/s1. The van der Waals surface area contributed by atoms with Crippen molar-refractivity contribution in [1.82, 2.24) is 0 Å².